The van der Waals surface area contributed by atoms with Gasteiger partial charge in [-0.05, 0) is 27.5 Å². The van der Waals surface area contributed by atoms with E-state index in [0.29, 0.717) is 5.29 Å². The van der Waals surface area contributed by atoms with Gasteiger partial charge in [-0.15, -0.1) is 0 Å². The average molecular weight is 207 g/mol. The number of nitrogens with zero attached hydrogens (tertiary/aromatic N) is 1. The Hall–Kier alpha value is -0.280. The zero-order chi connectivity index (χ0) is 6.85. The molecule has 0 aromatic carbocycles. The van der Waals surface area contributed by atoms with Crippen molar-refractivity contribution in [3.63, 3.8) is 0 Å². The predicted octanol–water partition coefficient (Wildman–Crippen LogP) is 1.93. The Kier molecular flexibility index (Phi) is 1.93. The Morgan fingerprint density at radius 3 is 2.89 bits per heavy atom. The molecule has 1 aliphatic rings. The van der Waals surface area contributed by atoms with E-state index in [0.717, 1.165) is 10.2 Å². The van der Waals surface area contributed by atoms with Crippen LogP contribution in [0, 0.1) is 0 Å². The normalized spacial score (nSPS) is 18.2. The molecule has 0 aliphatic carbocycles. The highest BCUT2D eigenvalue weighted by molar-refractivity contribution is 9.12. The number of amidine groups is 1. The molecule has 9 heavy (non-hydrogen) atoms. The largest absolute Gasteiger partial charge is 0.330 e. The van der Waals surface area contributed by atoms with Crippen molar-refractivity contribution in [2.75, 3.05) is 0 Å². The molecule has 0 bridgehead atoms. The molecule has 0 saturated heterocycles. The van der Waals surface area contributed by atoms with Crippen molar-refractivity contribution < 1.29 is 0 Å². The quantitative estimate of drug-likeness (QED) is 0.603. The predicted molar refractivity (Wildman–Crippen MR) is 42.6 cm³/mol. The molecule has 0 aromatic rings. The van der Waals surface area contributed by atoms with Gasteiger partial charge in [-0.25, -0.2) is 4.99 Å². The van der Waals surface area contributed by atoms with Gasteiger partial charge in [-0.2, -0.15) is 0 Å². The van der Waals surface area contributed by atoms with Crippen LogP contribution in [-0.2, 0) is 0 Å². The highest BCUT2D eigenvalue weighted by Gasteiger charge is 2.04. The molecule has 0 radical (unpaired) electrons. The average Bonchev–Trinajstić information content (AvgIpc) is 1.80. The summed E-state index contributed by atoms with van der Waals surface area (Å²) >= 11 is 8.70. The Morgan fingerprint density at radius 2 is 2.44 bits per heavy atom. The Morgan fingerprint density at radius 1 is 1.78 bits per heavy atom. The molecule has 1 heterocycles. The van der Waals surface area contributed by atoms with E-state index in [9.17, 15) is 0 Å². The third-order valence-corrected chi connectivity index (χ3v) is 1.71. The molecule has 0 atom stereocenters. The van der Waals surface area contributed by atoms with Crippen molar-refractivity contribution in [2.45, 2.75) is 0 Å². The van der Waals surface area contributed by atoms with Gasteiger partial charge in [0, 0.05) is 11.9 Å². The van der Waals surface area contributed by atoms with Gasteiger partial charge in [0.25, 0.3) is 0 Å². The van der Waals surface area contributed by atoms with Gasteiger partial charge in [0.1, 0.15) is 0 Å². The third-order valence-electron chi connectivity index (χ3n) is 0.834. The summed E-state index contributed by atoms with van der Waals surface area (Å²) in [7, 11) is 0. The minimum atomic E-state index is 0.350. The lowest BCUT2D eigenvalue weighted by molar-refractivity contribution is 1.16. The summed E-state index contributed by atoms with van der Waals surface area (Å²) in [5.41, 5.74) is 0.731. The lowest BCUT2D eigenvalue weighted by atomic mass is 10.4. The topological polar surface area (TPSA) is 24.4 Å². The van der Waals surface area contributed by atoms with E-state index in [4.69, 9.17) is 11.6 Å². The summed E-state index contributed by atoms with van der Waals surface area (Å²) in [4.78, 5) is 3.76. The third kappa shape index (κ3) is 1.56. The van der Waals surface area contributed by atoms with Crippen molar-refractivity contribution in [3.8, 4) is 0 Å². The maximum atomic E-state index is 5.49. The van der Waals surface area contributed by atoms with Crippen LogP contribution < -0.4 is 5.32 Å². The van der Waals surface area contributed by atoms with Gasteiger partial charge >= 0.3 is 0 Å². The molecule has 2 nitrogen and oxygen atoms in total. The van der Waals surface area contributed by atoms with E-state index >= 15 is 0 Å². The molecule has 0 aromatic heterocycles. The Labute approximate surface area is 66.4 Å². The number of rotatable bonds is 0. The lowest BCUT2D eigenvalue weighted by Gasteiger charge is -2.08. The van der Waals surface area contributed by atoms with E-state index in [-0.39, 0.29) is 0 Å². The van der Waals surface area contributed by atoms with Crippen molar-refractivity contribution in [1.82, 2.24) is 5.32 Å². The lowest BCUT2D eigenvalue weighted by Crippen LogP contribution is -2.19. The standard InChI is InChI=1S/C5H4BrClN2/c1-3-4(6)2-8-5(7)9-3/h2H,1H2,(H,8,9). The van der Waals surface area contributed by atoms with E-state index in [1.165, 1.54) is 0 Å². The summed E-state index contributed by atoms with van der Waals surface area (Å²) in [6.45, 7) is 3.65. The summed E-state index contributed by atoms with van der Waals surface area (Å²) in [5.74, 6) is 0. The van der Waals surface area contributed by atoms with Gasteiger partial charge in [-0.1, -0.05) is 6.58 Å². The van der Waals surface area contributed by atoms with E-state index in [1.54, 1.807) is 6.20 Å². The van der Waals surface area contributed by atoms with Crippen molar-refractivity contribution in [2.24, 2.45) is 4.99 Å². The fraction of sp³-hybridized carbons (Fsp3) is 0. The first-order valence-corrected chi connectivity index (χ1v) is 3.42. The van der Waals surface area contributed by atoms with Crippen molar-refractivity contribution in [3.05, 3.63) is 23.0 Å². The van der Waals surface area contributed by atoms with Crippen LogP contribution in [0.5, 0.6) is 0 Å². The SMILES string of the molecule is C=C1NC(Cl)=NC=C1Br. The maximum Gasteiger partial charge on any atom is 0.200 e. The molecule has 0 fully saturated rings. The van der Waals surface area contributed by atoms with Crippen molar-refractivity contribution >= 4 is 32.8 Å². The first-order valence-electron chi connectivity index (χ1n) is 2.25. The highest BCUT2D eigenvalue weighted by atomic mass is 79.9. The molecular weight excluding hydrogens is 203 g/mol. The summed E-state index contributed by atoms with van der Waals surface area (Å²) < 4.78 is 0.826. The van der Waals surface area contributed by atoms with Crippen LogP contribution >= 0.6 is 27.5 Å². The van der Waals surface area contributed by atoms with Crippen LogP contribution in [0.3, 0.4) is 0 Å². The monoisotopic (exact) mass is 206 g/mol. The molecule has 0 amide bonds. The van der Waals surface area contributed by atoms with Crippen LogP contribution in [-0.4, -0.2) is 5.29 Å². The van der Waals surface area contributed by atoms with Crippen LogP contribution in [0.1, 0.15) is 0 Å². The zero-order valence-corrected chi connectivity index (χ0v) is 6.83. The van der Waals surface area contributed by atoms with E-state index in [1.807, 2.05) is 0 Å². The molecule has 4 heteroatoms. The number of halogens is 2. The van der Waals surface area contributed by atoms with Crippen LogP contribution in [0.2, 0.25) is 0 Å². The number of aliphatic imine (C=N–C) groups is 1. The molecule has 1 N–H and O–H groups in total. The second kappa shape index (κ2) is 2.54. The van der Waals surface area contributed by atoms with Crippen LogP contribution in [0.15, 0.2) is 28.0 Å². The first kappa shape index (κ1) is 6.83. The second-order valence-corrected chi connectivity index (χ2v) is 2.71. The molecule has 1 rings (SSSR count). The second-order valence-electron chi connectivity index (χ2n) is 1.50. The van der Waals surface area contributed by atoms with Gasteiger partial charge < -0.3 is 5.32 Å². The first-order chi connectivity index (χ1) is 4.20. The number of allylic oxidation sites excluding steroid dienone is 1. The van der Waals surface area contributed by atoms with Gasteiger partial charge in [-0.3, -0.25) is 0 Å². The Bertz CT molecular complexity index is 207. The minimum Gasteiger partial charge on any atom is -0.330 e. The van der Waals surface area contributed by atoms with E-state index in [2.05, 4.69) is 32.8 Å². The van der Waals surface area contributed by atoms with Crippen molar-refractivity contribution in [1.29, 1.82) is 0 Å². The smallest absolute Gasteiger partial charge is 0.200 e. The van der Waals surface area contributed by atoms with Crippen LogP contribution in [0.4, 0.5) is 0 Å². The van der Waals surface area contributed by atoms with E-state index < -0.39 is 0 Å². The number of hydrogen-bond acceptors (Lipinski definition) is 2. The van der Waals surface area contributed by atoms with Gasteiger partial charge in [0.15, 0.2) is 5.29 Å². The fourth-order valence-corrected chi connectivity index (χ4v) is 0.772. The molecule has 0 saturated carbocycles. The minimum absolute atomic E-state index is 0.350. The summed E-state index contributed by atoms with van der Waals surface area (Å²) in [6, 6.07) is 0. The molecular formula is C5H4BrClN2. The van der Waals surface area contributed by atoms with Gasteiger partial charge in [0.05, 0.1) is 4.48 Å². The summed E-state index contributed by atoms with van der Waals surface area (Å²) in [6.07, 6.45) is 1.60. The molecule has 1 aliphatic heterocycles. The molecule has 0 unspecified atom stereocenters. The molecule has 0 spiro atoms. The maximum absolute atomic E-state index is 5.49. The summed E-state index contributed by atoms with van der Waals surface area (Å²) in [5, 5.41) is 3.08. The fourth-order valence-electron chi connectivity index (χ4n) is 0.408. The van der Waals surface area contributed by atoms with Gasteiger partial charge in [0.2, 0.25) is 0 Å². The number of hydrogen-bond donors (Lipinski definition) is 1. The van der Waals surface area contributed by atoms with Crippen LogP contribution in [0.25, 0.3) is 0 Å². The Balaban J connectivity index is 2.86. The zero-order valence-electron chi connectivity index (χ0n) is 4.49. The number of nitrogens with one attached hydrogen (secondary N) is 1. The highest BCUT2D eigenvalue weighted by Crippen LogP contribution is 2.16. The molecule has 48 valence electrons.